The van der Waals surface area contributed by atoms with E-state index in [1.807, 2.05) is 25.1 Å². The van der Waals surface area contributed by atoms with Crippen molar-refractivity contribution in [3.05, 3.63) is 23.8 Å². The van der Waals surface area contributed by atoms with Crippen LogP contribution in [0.15, 0.2) is 23.2 Å². The Labute approximate surface area is 133 Å². The SMILES string of the molecule is CCOc1ccc(CN=C(N)N2CCCC(C)C2)cc1OC. The molecule has 1 heterocycles. The van der Waals surface area contributed by atoms with Crippen molar-refractivity contribution in [3.8, 4) is 11.5 Å². The van der Waals surface area contributed by atoms with Crippen LogP contribution in [-0.2, 0) is 6.54 Å². The van der Waals surface area contributed by atoms with E-state index in [0.717, 1.165) is 30.2 Å². The fraction of sp³-hybridized carbons (Fsp3) is 0.588. The first-order valence-electron chi connectivity index (χ1n) is 7.98. The number of likely N-dealkylation sites (tertiary alicyclic amines) is 1. The number of hydrogen-bond acceptors (Lipinski definition) is 3. The lowest BCUT2D eigenvalue weighted by molar-refractivity contribution is 0.270. The zero-order valence-electron chi connectivity index (χ0n) is 13.8. The lowest BCUT2D eigenvalue weighted by Crippen LogP contribution is -2.43. The highest BCUT2D eigenvalue weighted by Crippen LogP contribution is 2.28. The minimum Gasteiger partial charge on any atom is -0.493 e. The summed E-state index contributed by atoms with van der Waals surface area (Å²) in [4.78, 5) is 6.71. The maximum atomic E-state index is 6.13. The number of hydrogen-bond donors (Lipinski definition) is 1. The zero-order valence-corrected chi connectivity index (χ0v) is 13.8. The molecule has 0 spiro atoms. The Bertz CT molecular complexity index is 517. The van der Waals surface area contributed by atoms with E-state index in [4.69, 9.17) is 15.2 Å². The highest BCUT2D eigenvalue weighted by molar-refractivity contribution is 5.78. The van der Waals surface area contributed by atoms with Crippen molar-refractivity contribution in [2.75, 3.05) is 26.8 Å². The topological polar surface area (TPSA) is 60.1 Å². The number of guanidine groups is 1. The second-order valence-corrected chi connectivity index (χ2v) is 5.79. The summed E-state index contributed by atoms with van der Waals surface area (Å²) in [6, 6.07) is 5.88. The second-order valence-electron chi connectivity index (χ2n) is 5.79. The van der Waals surface area contributed by atoms with Crippen molar-refractivity contribution in [2.24, 2.45) is 16.6 Å². The van der Waals surface area contributed by atoms with E-state index in [9.17, 15) is 0 Å². The average molecular weight is 305 g/mol. The summed E-state index contributed by atoms with van der Waals surface area (Å²) in [6.07, 6.45) is 2.47. The van der Waals surface area contributed by atoms with Crippen LogP contribution in [0.2, 0.25) is 0 Å². The van der Waals surface area contributed by atoms with Crippen molar-refractivity contribution in [2.45, 2.75) is 33.2 Å². The van der Waals surface area contributed by atoms with Crippen molar-refractivity contribution in [3.63, 3.8) is 0 Å². The third-order valence-corrected chi connectivity index (χ3v) is 3.93. The second kappa shape index (κ2) is 7.92. The summed E-state index contributed by atoms with van der Waals surface area (Å²) in [5, 5.41) is 0. The van der Waals surface area contributed by atoms with Crippen LogP contribution in [0, 0.1) is 5.92 Å². The van der Waals surface area contributed by atoms with E-state index in [1.54, 1.807) is 7.11 Å². The van der Waals surface area contributed by atoms with Crippen molar-refractivity contribution in [1.82, 2.24) is 4.90 Å². The Balaban J connectivity index is 2.02. The predicted molar refractivity (Wildman–Crippen MR) is 89.5 cm³/mol. The summed E-state index contributed by atoms with van der Waals surface area (Å²) in [7, 11) is 1.65. The minimum atomic E-state index is 0.555. The molecule has 1 aromatic rings. The molecule has 0 radical (unpaired) electrons. The number of aliphatic imine (C=N–C) groups is 1. The average Bonchev–Trinajstić information content (AvgIpc) is 2.53. The van der Waals surface area contributed by atoms with E-state index in [-0.39, 0.29) is 0 Å². The van der Waals surface area contributed by atoms with Crippen LogP contribution in [0.5, 0.6) is 11.5 Å². The maximum Gasteiger partial charge on any atom is 0.191 e. The Hall–Kier alpha value is -1.91. The van der Waals surface area contributed by atoms with E-state index >= 15 is 0 Å². The van der Waals surface area contributed by atoms with Gasteiger partial charge in [-0.1, -0.05) is 13.0 Å². The number of nitrogens with two attached hydrogens (primary N) is 1. The van der Waals surface area contributed by atoms with Crippen molar-refractivity contribution in [1.29, 1.82) is 0 Å². The molecule has 1 aliphatic heterocycles. The molecule has 122 valence electrons. The highest BCUT2D eigenvalue weighted by Gasteiger charge is 2.17. The largest absolute Gasteiger partial charge is 0.493 e. The molecule has 0 bridgehead atoms. The maximum absolute atomic E-state index is 6.13. The number of benzene rings is 1. The molecular weight excluding hydrogens is 278 g/mol. The normalized spacial score (nSPS) is 19.1. The summed E-state index contributed by atoms with van der Waals surface area (Å²) in [6.45, 7) is 7.40. The van der Waals surface area contributed by atoms with Crippen LogP contribution in [0.4, 0.5) is 0 Å². The number of ether oxygens (including phenoxy) is 2. The number of rotatable bonds is 5. The van der Waals surface area contributed by atoms with Crippen LogP contribution >= 0.6 is 0 Å². The molecule has 1 aliphatic rings. The molecule has 5 nitrogen and oxygen atoms in total. The van der Waals surface area contributed by atoms with E-state index < -0.39 is 0 Å². The van der Waals surface area contributed by atoms with Gasteiger partial charge >= 0.3 is 0 Å². The number of nitrogens with zero attached hydrogens (tertiary/aromatic N) is 2. The summed E-state index contributed by atoms with van der Waals surface area (Å²) in [5.74, 6) is 2.82. The van der Waals surface area contributed by atoms with E-state index in [0.29, 0.717) is 25.0 Å². The van der Waals surface area contributed by atoms with Gasteiger partial charge in [0.15, 0.2) is 17.5 Å². The first-order chi connectivity index (χ1) is 10.6. The molecule has 1 saturated heterocycles. The molecule has 2 N–H and O–H groups in total. The van der Waals surface area contributed by atoms with Gasteiger partial charge in [0.1, 0.15) is 0 Å². The van der Waals surface area contributed by atoms with E-state index in [2.05, 4.69) is 16.8 Å². The van der Waals surface area contributed by atoms with E-state index in [1.165, 1.54) is 12.8 Å². The van der Waals surface area contributed by atoms with Gasteiger partial charge in [-0.15, -0.1) is 0 Å². The summed E-state index contributed by atoms with van der Waals surface area (Å²) >= 11 is 0. The molecule has 0 aromatic heterocycles. The minimum absolute atomic E-state index is 0.555. The smallest absolute Gasteiger partial charge is 0.191 e. The Morgan fingerprint density at radius 3 is 2.91 bits per heavy atom. The fourth-order valence-electron chi connectivity index (χ4n) is 2.75. The quantitative estimate of drug-likeness (QED) is 0.671. The standard InChI is InChI=1S/C17H27N3O2/c1-4-22-15-8-7-14(10-16(15)21-3)11-19-17(18)20-9-5-6-13(2)12-20/h7-8,10,13H,4-6,9,11-12H2,1-3H3,(H2,18,19). The van der Waals surface area contributed by atoms with Crippen molar-refractivity contribution < 1.29 is 9.47 Å². The monoisotopic (exact) mass is 305 g/mol. The van der Waals surface area contributed by atoms with Gasteiger partial charge in [-0.25, -0.2) is 4.99 Å². The summed E-state index contributed by atoms with van der Waals surface area (Å²) in [5.41, 5.74) is 7.19. The summed E-state index contributed by atoms with van der Waals surface area (Å²) < 4.78 is 10.9. The van der Waals surface area contributed by atoms with Gasteiger partial charge in [-0.2, -0.15) is 0 Å². The first-order valence-corrected chi connectivity index (χ1v) is 7.98. The van der Waals surface area contributed by atoms with Gasteiger partial charge < -0.3 is 20.1 Å². The molecule has 22 heavy (non-hydrogen) atoms. The first kappa shape index (κ1) is 16.5. The zero-order chi connectivity index (χ0) is 15.9. The number of piperidine rings is 1. The van der Waals surface area contributed by atoms with Crippen molar-refractivity contribution >= 4 is 5.96 Å². The van der Waals surface area contributed by atoms with Crippen LogP contribution in [0.25, 0.3) is 0 Å². The van der Waals surface area contributed by atoms with Crippen LogP contribution in [-0.4, -0.2) is 37.7 Å². The molecule has 0 saturated carbocycles. The molecule has 1 atom stereocenters. The molecule has 1 aromatic carbocycles. The molecular formula is C17H27N3O2. The molecule has 0 amide bonds. The molecule has 1 fully saturated rings. The fourth-order valence-corrected chi connectivity index (χ4v) is 2.75. The van der Waals surface area contributed by atoms with Crippen LogP contribution in [0.1, 0.15) is 32.3 Å². The Morgan fingerprint density at radius 2 is 2.23 bits per heavy atom. The molecule has 5 heteroatoms. The van der Waals surface area contributed by atoms with Gasteiger partial charge in [0, 0.05) is 13.1 Å². The molecule has 1 unspecified atom stereocenters. The molecule has 0 aliphatic carbocycles. The number of methoxy groups -OCH3 is 1. The third kappa shape index (κ3) is 4.29. The Morgan fingerprint density at radius 1 is 1.41 bits per heavy atom. The predicted octanol–water partition coefficient (Wildman–Crippen LogP) is 2.64. The third-order valence-electron chi connectivity index (χ3n) is 3.93. The Kier molecular flexibility index (Phi) is 5.92. The van der Waals surface area contributed by atoms with Gasteiger partial charge in [-0.3, -0.25) is 0 Å². The lowest BCUT2D eigenvalue weighted by Gasteiger charge is -2.31. The highest BCUT2D eigenvalue weighted by atomic mass is 16.5. The van der Waals surface area contributed by atoms with Gasteiger partial charge in [-0.05, 0) is 43.4 Å². The van der Waals surface area contributed by atoms with Gasteiger partial charge in [0.25, 0.3) is 0 Å². The van der Waals surface area contributed by atoms with Gasteiger partial charge in [0.05, 0.1) is 20.3 Å². The molecule has 2 rings (SSSR count). The lowest BCUT2D eigenvalue weighted by atomic mass is 10.0. The van der Waals surface area contributed by atoms with Crippen LogP contribution < -0.4 is 15.2 Å². The van der Waals surface area contributed by atoms with Crippen LogP contribution in [0.3, 0.4) is 0 Å². The van der Waals surface area contributed by atoms with Gasteiger partial charge in [0.2, 0.25) is 0 Å².